The monoisotopic (exact) mass is 145 g/mol. The Morgan fingerprint density at radius 2 is 2.45 bits per heavy atom. The van der Waals surface area contributed by atoms with Gasteiger partial charge in [0, 0.05) is 6.20 Å². The molecule has 0 N–H and O–H groups in total. The smallest absolute Gasteiger partial charge is 0.255 e. The minimum absolute atomic E-state index is 0.448. The maximum atomic E-state index is 8.60. The van der Waals surface area contributed by atoms with E-state index in [4.69, 9.17) is 5.26 Å². The number of nitrogens with zero attached hydrogens (tertiary/aromatic N) is 5. The number of aromatic nitrogens is 4. The fraction of sp³-hybridized carbons (Fsp3) is 0. The Labute approximate surface area is 61.9 Å². The van der Waals surface area contributed by atoms with E-state index in [1.807, 2.05) is 6.07 Å². The minimum atomic E-state index is 0.448. The van der Waals surface area contributed by atoms with Crippen LogP contribution in [-0.4, -0.2) is 19.6 Å². The summed E-state index contributed by atoms with van der Waals surface area (Å²) < 4.78 is 1.53. The standard InChI is InChI=1S/C6H3N5/c7-3-5-1-2-8-6-10-9-4-11(5)6/h1-2,4H. The van der Waals surface area contributed by atoms with Gasteiger partial charge in [-0.2, -0.15) is 5.26 Å². The Morgan fingerprint density at radius 3 is 3.27 bits per heavy atom. The van der Waals surface area contributed by atoms with Gasteiger partial charge in [0.05, 0.1) is 0 Å². The van der Waals surface area contributed by atoms with E-state index in [1.54, 1.807) is 6.07 Å². The molecule has 0 radical (unpaired) electrons. The summed E-state index contributed by atoms with van der Waals surface area (Å²) in [5, 5.41) is 15.9. The quantitative estimate of drug-likeness (QED) is 0.523. The van der Waals surface area contributed by atoms with E-state index in [9.17, 15) is 0 Å². The summed E-state index contributed by atoms with van der Waals surface area (Å²) in [6.07, 6.45) is 2.99. The van der Waals surface area contributed by atoms with Gasteiger partial charge in [0.25, 0.3) is 5.78 Å². The summed E-state index contributed by atoms with van der Waals surface area (Å²) in [6, 6.07) is 3.61. The lowest BCUT2D eigenvalue weighted by Crippen LogP contribution is -1.91. The predicted molar refractivity (Wildman–Crippen MR) is 35.5 cm³/mol. The number of hydrogen-bond donors (Lipinski definition) is 0. The summed E-state index contributed by atoms with van der Waals surface area (Å²) >= 11 is 0. The first kappa shape index (κ1) is 5.80. The topological polar surface area (TPSA) is 66.9 Å². The maximum absolute atomic E-state index is 8.60. The van der Waals surface area contributed by atoms with Crippen LogP contribution in [0.25, 0.3) is 5.78 Å². The fourth-order valence-corrected chi connectivity index (χ4v) is 0.833. The Hall–Kier alpha value is -1.96. The molecular formula is C6H3N5. The second-order valence-electron chi connectivity index (χ2n) is 1.94. The predicted octanol–water partition coefficient (Wildman–Crippen LogP) is -0.00402. The number of hydrogen-bond acceptors (Lipinski definition) is 4. The Balaban J connectivity index is 2.92. The highest BCUT2D eigenvalue weighted by Crippen LogP contribution is 1.98. The fourth-order valence-electron chi connectivity index (χ4n) is 0.833. The molecular weight excluding hydrogens is 142 g/mol. The van der Waals surface area contributed by atoms with Crippen molar-refractivity contribution in [2.45, 2.75) is 0 Å². The molecule has 0 aliphatic carbocycles. The van der Waals surface area contributed by atoms with Crippen LogP contribution >= 0.6 is 0 Å². The molecule has 0 saturated carbocycles. The average molecular weight is 145 g/mol. The van der Waals surface area contributed by atoms with Gasteiger partial charge in [-0.15, -0.1) is 10.2 Å². The summed E-state index contributed by atoms with van der Waals surface area (Å²) in [4.78, 5) is 3.89. The summed E-state index contributed by atoms with van der Waals surface area (Å²) in [5.74, 6) is 0.448. The third-order valence-electron chi connectivity index (χ3n) is 1.33. The van der Waals surface area contributed by atoms with Crippen molar-refractivity contribution in [3.05, 3.63) is 24.3 Å². The van der Waals surface area contributed by atoms with Crippen LogP contribution in [0.2, 0.25) is 0 Å². The molecule has 2 aromatic heterocycles. The van der Waals surface area contributed by atoms with Gasteiger partial charge in [-0.1, -0.05) is 0 Å². The van der Waals surface area contributed by atoms with Crippen molar-refractivity contribution >= 4 is 5.78 Å². The van der Waals surface area contributed by atoms with Crippen LogP contribution in [0.1, 0.15) is 5.69 Å². The van der Waals surface area contributed by atoms with Crippen molar-refractivity contribution < 1.29 is 0 Å². The first-order chi connectivity index (χ1) is 5.42. The van der Waals surface area contributed by atoms with Gasteiger partial charge < -0.3 is 0 Å². The summed E-state index contributed by atoms with van der Waals surface area (Å²) in [5.41, 5.74) is 0.486. The van der Waals surface area contributed by atoms with E-state index in [2.05, 4.69) is 15.2 Å². The van der Waals surface area contributed by atoms with Crippen molar-refractivity contribution in [2.24, 2.45) is 0 Å². The van der Waals surface area contributed by atoms with Crippen LogP contribution in [-0.2, 0) is 0 Å². The normalized spacial score (nSPS) is 9.73. The molecule has 2 heterocycles. The van der Waals surface area contributed by atoms with E-state index < -0.39 is 0 Å². The molecule has 52 valence electrons. The van der Waals surface area contributed by atoms with Gasteiger partial charge in [-0.3, -0.25) is 4.40 Å². The summed E-state index contributed by atoms with van der Waals surface area (Å²) in [6.45, 7) is 0. The van der Waals surface area contributed by atoms with E-state index in [0.717, 1.165) is 0 Å². The number of fused-ring (bicyclic) bond motifs is 1. The van der Waals surface area contributed by atoms with Gasteiger partial charge in [-0.05, 0) is 6.07 Å². The van der Waals surface area contributed by atoms with Crippen molar-refractivity contribution in [1.29, 1.82) is 5.26 Å². The van der Waals surface area contributed by atoms with Gasteiger partial charge >= 0.3 is 0 Å². The van der Waals surface area contributed by atoms with Gasteiger partial charge in [0.1, 0.15) is 18.1 Å². The maximum Gasteiger partial charge on any atom is 0.255 e. The zero-order valence-electron chi connectivity index (χ0n) is 5.47. The molecule has 0 amide bonds. The first-order valence-corrected chi connectivity index (χ1v) is 2.96. The van der Waals surface area contributed by atoms with E-state index in [-0.39, 0.29) is 0 Å². The molecule has 0 atom stereocenters. The molecule has 0 aliphatic heterocycles. The second-order valence-corrected chi connectivity index (χ2v) is 1.94. The first-order valence-electron chi connectivity index (χ1n) is 2.96. The molecule has 11 heavy (non-hydrogen) atoms. The van der Waals surface area contributed by atoms with Crippen LogP contribution in [0.5, 0.6) is 0 Å². The molecule has 0 fully saturated rings. The van der Waals surface area contributed by atoms with Crippen molar-refractivity contribution in [3.63, 3.8) is 0 Å². The lowest BCUT2D eigenvalue weighted by Gasteiger charge is -1.90. The van der Waals surface area contributed by atoms with Crippen LogP contribution in [0.3, 0.4) is 0 Å². The molecule has 2 aromatic rings. The van der Waals surface area contributed by atoms with E-state index >= 15 is 0 Å². The Morgan fingerprint density at radius 1 is 1.55 bits per heavy atom. The van der Waals surface area contributed by atoms with E-state index in [1.165, 1.54) is 16.9 Å². The van der Waals surface area contributed by atoms with Gasteiger partial charge in [0.2, 0.25) is 0 Å². The van der Waals surface area contributed by atoms with Crippen molar-refractivity contribution in [3.8, 4) is 6.07 Å². The summed E-state index contributed by atoms with van der Waals surface area (Å²) in [7, 11) is 0. The lowest BCUT2D eigenvalue weighted by molar-refractivity contribution is 1.08. The number of nitriles is 1. The average Bonchev–Trinajstić information content (AvgIpc) is 2.50. The Bertz CT molecular complexity index is 424. The lowest BCUT2D eigenvalue weighted by atomic mass is 10.4. The zero-order chi connectivity index (χ0) is 7.68. The molecule has 0 spiro atoms. The zero-order valence-corrected chi connectivity index (χ0v) is 5.47. The second kappa shape index (κ2) is 2.02. The molecule has 0 saturated heterocycles. The SMILES string of the molecule is N#Cc1ccnc2nncn12. The van der Waals surface area contributed by atoms with E-state index in [0.29, 0.717) is 11.5 Å². The molecule has 0 aromatic carbocycles. The highest BCUT2D eigenvalue weighted by molar-refractivity contribution is 5.32. The largest absolute Gasteiger partial charge is 0.256 e. The molecule has 0 unspecified atom stereocenters. The molecule has 5 heteroatoms. The molecule has 0 bridgehead atoms. The van der Waals surface area contributed by atoms with Crippen LogP contribution in [0.4, 0.5) is 0 Å². The number of rotatable bonds is 0. The minimum Gasteiger partial charge on any atom is -0.256 e. The highest BCUT2D eigenvalue weighted by atomic mass is 15.3. The third kappa shape index (κ3) is 0.730. The third-order valence-corrected chi connectivity index (χ3v) is 1.33. The van der Waals surface area contributed by atoms with Gasteiger partial charge in [-0.25, -0.2) is 4.98 Å². The van der Waals surface area contributed by atoms with Gasteiger partial charge in [0.15, 0.2) is 0 Å². The van der Waals surface area contributed by atoms with Crippen molar-refractivity contribution in [2.75, 3.05) is 0 Å². The van der Waals surface area contributed by atoms with Crippen molar-refractivity contribution in [1.82, 2.24) is 19.6 Å². The highest BCUT2D eigenvalue weighted by Gasteiger charge is 1.98. The molecule has 0 aliphatic rings. The van der Waals surface area contributed by atoms with Crippen LogP contribution < -0.4 is 0 Å². The molecule has 5 nitrogen and oxygen atoms in total. The van der Waals surface area contributed by atoms with Crippen LogP contribution in [0, 0.1) is 11.3 Å². The Kier molecular flexibility index (Phi) is 1.07. The molecule has 2 rings (SSSR count). The van der Waals surface area contributed by atoms with Crippen LogP contribution in [0.15, 0.2) is 18.6 Å².